The van der Waals surface area contributed by atoms with Gasteiger partial charge in [-0.25, -0.2) is 0 Å². The molecular formula is C48H60Cl2SiZr. The predicted octanol–water partition coefficient (Wildman–Crippen LogP) is 16.2. The molecule has 0 spiro atoms. The summed E-state index contributed by atoms with van der Waals surface area (Å²) < 4.78 is 0. The predicted molar refractivity (Wildman–Crippen MR) is 234 cm³/mol. The Bertz CT molecular complexity index is 1790. The molecule has 2 unspecified atom stereocenters. The minimum atomic E-state index is -0.826. The summed E-state index contributed by atoms with van der Waals surface area (Å²) in [6, 6.07) is 40.5. The third-order valence-electron chi connectivity index (χ3n) is 9.99. The molecule has 0 aliphatic rings. The van der Waals surface area contributed by atoms with Gasteiger partial charge < -0.3 is 0 Å². The van der Waals surface area contributed by atoms with E-state index in [1.165, 1.54) is 66.1 Å². The minimum absolute atomic E-state index is 0.184. The van der Waals surface area contributed by atoms with Gasteiger partial charge >= 0.3 is 37.9 Å². The van der Waals surface area contributed by atoms with Gasteiger partial charge in [0, 0.05) is 9.52 Å². The molecule has 6 rings (SSSR count). The Morgan fingerprint density at radius 1 is 0.577 bits per heavy atom. The summed E-state index contributed by atoms with van der Waals surface area (Å²) in [7, 11) is 11.0. The third-order valence-corrected chi connectivity index (χ3v) is 9.99. The first-order chi connectivity index (χ1) is 24.7. The molecule has 0 nitrogen and oxygen atoms in total. The van der Waals surface area contributed by atoms with E-state index in [2.05, 4.69) is 192 Å². The molecule has 0 aliphatic heterocycles. The van der Waals surface area contributed by atoms with Gasteiger partial charge in [-0.05, 0) is 46.6 Å². The molecule has 52 heavy (non-hydrogen) atoms. The molecule has 6 aromatic rings. The van der Waals surface area contributed by atoms with Crippen molar-refractivity contribution in [1.29, 1.82) is 0 Å². The summed E-state index contributed by atoms with van der Waals surface area (Å²) >= 11 is -0.826. The van der Waals surface area contributed by atoms with E-state index in [0.29, 0.717) is 11.8 Å². The summed E-state index contributed by atoms with van der Waals surface area (Å²) in [5.74, 6) is 1.14. The summed E-state index contributed by atoms with van der Waals surface area (Å²) in [5, 5.41) is 5.53. The molecule has 0 amide bonds. The first-order valence-electron chi connectivity index (χ1n) is 18.8. The molecule has 0 fully saturated rings. The Morgan fingerprint density at radius 3 is 1.15 bits per heavy atom. The second-order valence-electron chi connectivity index (χ2n) is 16.0. The first-order valence-corrected chi connectivity index (χ1v) is 27.1. The Hall–Kier alpha value is -2.22. The molecule has 0 bridgehead atoms. The van der Waals surface area contributed by atoms with Gasteiger partial charge in [0.25, 0.3) is 0 Å². The topological polar surface area (TPSA) is 0 Å². The summed E-state index contributed by atoms with van der Waals surface area (Å²) in [6.07, 6.45) is 2.33. The van der Waals surface area contributed by atoms with Gasteiger partial charge in [-0.15, -0.1) is 69.1 Å². The van der Waals surface area contributed by atoms with E-state index in [1.807, 2.05) is 0 Å². The number of rotatable bonds is 6. The van der Waals surface area contributed by atoms with Gasteiger partial charge in [0.1, 0.15) is 0 Å². The van der Waals surface area contributed by atoms with Crippen LogP contribution in [-0.4, -0.2) is 9.52 Å². The van der Waals surface area contributed by atoms with Gasteiger partial charge in [-0.2, -0.15) is 12.1 Å². The van der Waals surface area contributed by atoms with E-state index in [0.717, 1.165) is 22.4 Å². The Kier molecular flexibility index (Phi) is 17.4. The first kappa shape index (κ1) is 44.2. The average Bonchev–Trinajstić information content (AvgIpc) is 3.78. The molecule has 2 radical (unpaired) electrons. The molecular weight excluding hydrogens is 767 g/mol. The molecule has 0 N–H and O–H groups in total. The van der Waals surface area contributed by atoms with Crippen LogP contribution in [0.15, 0.2) is 109 Å². The van der Waals surface area contributed by atoms with Gasteiger partial charge in [0.15, 0.2) is 0 Å². The van der Waals surface area contributed by atoms with Crippen LogP contribution < -0.4 is 0 Å². The zero-order valence-corrected chi connectivity index (χ0v) is 38.7. The fourth-order valence-corrected chi connectivity index (χ4v) is 6.58. The molecule has 4 heteroatoms. The zero-order chi connectivity index (χ0) is 38.6. The van der Waals surface area contributed by atoms with E-state index >= 15 is 0 Å². The van der Waals surface area contributed by atoms with E-state index in [4.69, 9.17) is 17.0 Å². The Labute approximate surface area is 338 Å². The van der Waals surface area contributed by atoms with Gasteiger partial charge in [-0.1, -0.05) is 165 Å². The molecule has 0 heterocycles. The van der Waals surface area contributed by atoms with Crippen LogP contribution in [0.4, 0.5) is 0 Å². The van der Waals surface area contributed by atoms with E-state index in [1.54, 1.807) is 0 Å². The van der Waals surface area contributed by atoms with E-state index in [9.17, 15) is 0 Å². The number of benzene rings is 4. The van der Waals surface area contributed by atoms with Crippen LogP contribution in [-0.2, 0) is 31.7 Å². The van der Waals surface area contributed by atoms with Crippen LogP contribution in [0.3, 0.4) is 0 Å². The summed E-state index contributed by atoms with van der Waals surface area (Å²) in [6.45, 7) is 27.3. The van der Waals surface area contributed by atoms with Gasteiger partial charge in [0.2, 0.25) is 0 Å². The van der Waals surface area contributed by atoms with Gasteiger partial charge in [0.05, 0.1) is 0 Å². The average molecular weight is 827 g/mol. The normalized spacial score (nSPS) is 12.4. The van der Waals surface area contributed by atoms with Crippen LogP contribution >= 0.6 is 17.0 Å². The van der Waals surface area contributed by atoms with E-state index < -0.39 is 20.8 Å². The molecule has 2 atom stereocenters. The van der Waals surface area contributed by atoms with Crippen LogP contribution in [0.2, 0.25) is 13.1 Å². The molecule has 0 aliphatic carbocycles. The van der Waals surface area contributed by atoms with Crippen molar-refractivity contribution in [2.24, 2.45) is 0 Å². The van der Waals surface area contributed by atoms with E-state index in [-0.39, 0.29) is 10.8 Å². The monoisotopic (exact) mass is 824 g/mol. The number of halogens is 2. The molecule has 0 saturated carbocycles. The van der Waals surface area contributed by atoms with Crippen LogP contribution in [0.25, 0.3) is 43.8 Å². The van der Waals surface area contributed by atoms with Crippen LogP contribution in [0.1, 0.15) is 116 Å². The van der Waals surface area contributed by atoms with Crippen molar-refractivity contribution in [3.05, 3.63) is 131 Å². The molecule has 0 aromatic heterocycles. The second kappa shape index (κ2) is 20.5. The number of hydrogen-bond acceptors (Lipinski definition) is 0. The standard InChI is InChI=1S/2C23H27.C2H6Si.2ClH.Zr/c2*1-6-16(2)20-13-12-18-14-19(23(3,4)5)15-21(18)22(20)17-10-8-7-9-11-17;1-3-2;;;/h2*7-16H,6H2,1-5H3;1-2H3;2*1H;/q2*-1;;;;+4/p-2. The van der Waals surface area contributed by atoms with Crippen molar-refractivity contribution in [2.75, 3.05) is 0 Å². The maximum absolute atomic E-state index is 4.93. The maximum atomic E-state index is 4.93. The van der Waals surface area contributed by atoms with Crippen LogP contribution in [0, 0.1) is 0 Å². The molecule has 274 valence electrons. The zero-order valence-electron chi connectivity index (χ0n) is 33.7. The molecule has 0 saturated heterocycles. The van der Waals surface area contributed by atoms with Gasteiger partial charge in [-0.3, -0.25) is 0 Å². The number of fused-ring (bicyclic) bond motifs is 2. The van der Waals surface area contributed by atoms with Crippen LogP contribution in [0.5, 0.6) is 0 Å². The SMILES string of the molecule is CCC(C)c1ccc2[cH-]c(C(C)(C)C)cc2c1-c1ccccc1.CCC(C)c1ccc2[cH-]c(C(C)(C)C)cc2c1-c1ccccc1.C[Si]C.[Cl][Zr+2][Cl]. The van der Waals surface area contributed by atoms with Crippen molar-refractivity contribution >= 4 is 48.1 Å². The van der Waals surface area contributed by atoms with Crippen molar-refractivity contribution in [2.45, 2.75) is 118 Å². The third kappa shape index (κ3) is 11.4. The Morgan fingerprint density at radius 2 is 0.885 bits per heavy atom. The van der Waals surface area contributed by atoms with Crippen molar-refractivity contribution in [3.8, 4) is 22.3 Å². The van der Waals surface area contributed by atoms with Crippen molar-refractivity contribution in [1.82, 2.24) is 0 Å². The quantitative estimate of drug-likeness (QED) is 0.116. The second-order valence-corrected chi connectivity index (χ2v) is 20.7. The fraction of sp³-hybridized carbons (Fsp3) is 0.375. The summed E-state index contributed by atoms with van der Waals surface area (Å²) in [5.41, 5.74) is 11.7. The fourth-order valence-electron chi connectivity index (χ4n) is 6.58. The van der Waals surface area contributed by atoms with Crippen molar-refractivity contribution in [3.63, 3.8) is 0 Å². The summed E-state index contributed by atoms with van der Waals surface area (Å²) in [4.78, 5) is 0. The number of hydrogen-bond donors (Lipinski definition) is 0. The Balaban J connectivity index is 0.000000244. The molecule has 6 aromatic carbocycles. The van der Waals surface area contributed by atoms with Crippen molar-refractivity contribution < 1.29 is 20.8 Å².